The second kappa shape index (κ2) is 9.89. The molecule has 0 radical (unpaired) electrons. The Morgan fingerprint density at radius 2 is 0.959 bits per heavy atom. The molecule has 0 bridgehead atoms. The Kier molecular flexibility index (Phi) is 5.32. The number of fused-ring (bicyclic) bond motifs is 11. The first kappa shape index (κ1) is 26.4. The van der Waals surface area contributed by atoms with E-state index in [-0.39, 0.29) is 0 Å². The normalized spacial score (nSPS) is 12.1. The van der Waals surface area contributed by atoms with Gasteiger partial charge in [0, 0.05) is 26.9 Å². The lowest BCUT2D eigenvalue weighted by atomic mass is 9.99. The van der Waals surface area contributed by atoms with Gasteiger partial charge in [-0.1, -0.05) is 103 Å². The minimum Gasteiger partial charge on any atom is -0.456 e. The molecule has 0 unspecified atom stereocenters. The lowest BCUT2D eigenvalue weighted by Gasteiger charge is -2.13. The van der Waals surface area contributed by atoms with Crippen molar-refractivity contribution < 1.29 is 4.42 Å². The van der Waals surface area contributed by atoms with Crippen molar-refractivity contribution >= 4 is 71.3 Å². The predicted octanol–water partition coefficient (Wildman–Crippen LogP) is 11.4. The van der Waals surface area contributed by atoms with Crippen molar-refractivity contribution in [2.24, 2.45) is 0 Å². The number of para-hydroxylation sites is 5. The highest BCUT2D eigenvalue weighted by Gasteiger charge is 2.20. The number of aromatic nitrogens is 4. The predicted molar refractivity (Wildman–Crippen MR) is 200 cm³/mol. The Morgan fingerprint density at radius 1 is 0.388 bits per heavy atom. The van der Waals surface area contributed by atoms with Crippen LogP contribution in [0.25, 0.3) is 99.5 Å². The molecule has 4 heterocycles. The Morgan fingerprint density at radius 3 is 1.78 bits per heavy atom. The highest BCUT2D eigenvalue weighted by Crippen LogP contribution is 2.37. The van der Waals surface area contributed by atoms with Gasteiger partial charge in [-0.3, -0.25) is 8.97 Å². The lowest BCUT2D eigenvalue weighted by molar-refractivity contribution is 0.669. The smallest absolute Gasteiger partial charge is 0.221 e. The van der Waals surface area contributed by atoms with Gasteiger partial charge >= 0.3 is 0 Å². The third kappa shape index (κ3) is 3.81. The molecule has 7 aromatic carbocycles. The van der Waals surface area contributed by atoms with Gasteiger partial charge in [-0.2, -0.15) is 0 Å². The molecule has 5 heteroatoms. The first-order chi connectivity index (χ1) is 24.3. The Hall–Kier alpha value is -6.72. The standard InChI is InChI=1S/C44H26N4O/c1-4-12-36-35(11-1)43-45-37-13-5-7-15-39(37)48(43)44(46-36)47-38-14-6-2-9-31(38)32-23-21-29(25-40(32)47)27-17-19-28(20-18-27)30-22-24-34-33-10-3-8-16-41(33)49-42(34)26-30/h1-26H. The minimum atomic E-state index is 0.821. The molecular weight excluding hydrogens is 601 g/mol. The average molecular weight is 627 g/mol. The van der Waals surface area contributed by atoms with Crippen molar-refractivity contribution in [3.8, 4) is 28.2 Å². The van der Waals surface area contributed by atoms with E-state index in [0.29, 0.717) is 0 Å². The van der Waals surface area contributed by atoms with Gasteiger partial charge in [0.05, 0.1) is 27.6 Å². The highest BCUT2D eigenvalue weighted by atomic mass is 16.3. The Bertz CT molecular complexity index is 3110. The third-order valence-electron chi connectivity index (χ3n) is 9.93. The number of hydrogen-bond donors (Lipinski definition) is 0. The maximum atomic E-state index is 6.18. The van der Waals surface area contributed by atoms with Crippen molar-refractivity contribution in [3.63, 3.8) is 0 Å². The number of nitrogens with zero attached hydrogens (tertiary/aromatic N) is 4. The minimum absolute atomic E-state index is 0.821. The van der Waals surface area contributed by atoms with E-state index in [2.05, 4.69) is 142 Å². The van der Waals surface area contributed by atoms with Crippen LogP contribution in [0.15, 0.2) is 162 Å². The molecule has 0 saturated carbocycles. The fourth-order valence-corrected chi connectivity index (χ4v) is 7.60. The zero-order valence-electron chi connectivity index (χ0n) is 26.2. The van der Waals surface area contributed by atoms with E-state index in [0.717, 1.165) is 88.8 Å². The summed E-state index contributed by atoms with van der Waals surface area (Å²) in [4.78, 5) is 10.4. The molecule has 11 rings (SSSR count). The van der Waals surface area contributed by atoms with Crippen LogP contribution in [0.3, 0.4) is 0 Å². The molecule has 0 saturated heterocycles. The molecule has 0 fully saturated rings. The van der Waals surface area contributed by atoms with Crippen molar-refractivity contribution in [1.29, 1.82) is 0 Å². The number of rotatable bonds is 3. The van der Waals surface area contributed by atoms with Gasteiger partial charge in [-0.05, 0) is 76.9 Å². The third-order valence-corrected chi connectivity index (χ3v) is 9.93. The summed E-state index contributed by atoms with van der Waals surface area (Å²) in [5, 5.41) is 5.69. The van der Waals surface area contributed by atoms with Crippen molar-refractivity contribution in [2.75, 3.05) is 0 Å². The number of hydrogen-bond acceptors (Lipinski definition) is 3. The molecular formula is C44H26N4O. The van der Waals surface area contributed by atoms with Crippen molar-refractivity contribution in [3.05, 3.63) is 158 Å². The topological polar surface area (TPSA) is 48.3 Å². The van der Waals surface area contributed by atoms with Crippen LogP contribution in [0.2, 0.25) is 0 Å². The average Bonchev–Trinajstić information content (AvgIpc) is 3.84. The van der Waals surface area contributed by atoms with Gasteiger partial charge in [-0.15, -0.1) is 0 Å². The first-order valence-electron chi connectivity index (χ1n) is 16.5. The Labute approximate surface area is 279 Å². The van der Waals surface area contributed by atoms with E-state index < -0.39 is 0 Å². The van der Waals surface area contributed by atoms with Crippen LogP contribution in [0.5, 0.6) is 0 Å². The summed E-state index contributed by atoms with van der Waals surface area (Å²) >= 11 is 0. The van der Waals surface area contributed by atoms with Gasteiger partial charge in [0.15, 0.2) is 0 Å². The van der Waals surface area contributed by atoms with Crippen molar-refractivity contribution in [1.82, 2.24) is 18.9 Å². The Balaban J connectivity index is 1.10. The van der Waals surface area contributed by atoms with Crippen LogP contribution < -0.4 is 0 Å². The summed E-state index contributed by atoms with van der Waals surface area (Å²) in [5.41, 5.74) is 12.4. The highest BCUT2D eigenvalue weighted by molar-refractivity contribution is 6.11. The maximum absolute atomic E-state index is 6.18. The molecule has 0 aliphatic carbocycles. The van der Waals surface area contributed by atoms with Crippen LogP contribution in [-0.2, 0) is 0 Å². The van der Waals surface area contributed by atoms with Crippen LogP contribution in [0.1, 0.15) is 0 Å². The van der Waals surface area contributed by atoms with Gasteiger partial charge in [0.25, 0.3) is 0 Å². The van der Waals surface area contributed by atoms with Crippen LogP contribution >= 0.6 is 0 Å². The molecule has 49 heavy (non-hydrogen) atoms. The molecule has 0 aliphatic rings. The van der Waals surface area contributed by atoms with E-state index in [9.17, 15) is 0 Å². The summed E-state index contributed by atoms with van der Waals surface area (Å²) in [6.07, 6.45) is 0. The number of benzene rings is 7. The summed E-state index contributed by atoms with van der Waals surface area (Å²) in [6, 6.07) is 55.5. The second-order valence-electron chi connectivity index (χ2n) is 12.7. The molecule has 0 aliphatic heterocycles. The van der Waals surface area contributed by atoms with Crippen LogP contribution in [0, 0.1) is 0 Å². The van der Waals surface area contributed by atoms with E-state index in [4.69, 9.17) is 14.4 Å². The molecule has 0 amide bonds. The lowest BCUT2D eigenvalue weighted by Crippen LogP contribution is -2.06. The van der Waals surface area contributed by atoms with E-state index in [1.807, 2.05) is 24.3 Å². The zero-order chi connectivity index (χ0) is 32.1. The van der Waals surface area contributed by atoms with Gasteiger partial charge in [0.1, 0.15) is 16.8 Å². The van der Waals surface area contributed by atoms with Gasteiger partial charge in [0.2, 0.25) is 5.95 Å². The summed E-state index contributed by atoms with van der Waals surface area (Å²) in [7, 11) is 0. The molecule has 4 aromatic heterocycles. The summed E-state index contributed by atoms with van der Waals surface area (Å²) in [6.45, 7) is 0. The largest absolute Gasteiger partial charge is 0.456 e. The van der Waals surface area contributed by atoms with E-state index in [1.54, 1.807) is 0 Å². The summed E-state index contributed by atoms with van der Waals surface area (Å²) < 4.78 is 10.7. The number of furan rings is 1. The first-order valence-corrected chi connectivity index (χ1v) is 16.5. The van der Waals surface area contributed by atoms with Gasteiger partial charge in [-0.25, -0.2) is 9.97 Å². The fourth-order valence-electron chi connectivity index (χ4n) is 7.60. The monoisotopic (exact) mass is 626 g/mol. The fraction of sp³-hybridized carbons (Fsp3) is 0. The van der Waals surface area contributed by atoms with Crippen molar-refractivity contribution in [2.45, 2.75) is 0 Å². The molecule has 0 N–H and O–H groups in total. The number of imidazole rings is 1. The van der Waals surface area contributed by atoms with Crippen LogP contribution in [0.4, 0.5) is 0 Å². The molecule has 5 nitrogen and oxygen atoms in total. The second-order valence-corrected chi connectivity index (χ2v) is 12.7. The summed E-state index contributed by atoms with van der Waals surface area (Å²) in [5.74, 6) is 0.821. The van der Waals surface area contributed by atoms with Crippen LogP contribution in [-0.4, -0.2) is 18.9 Å². The van der Waals surface area contributed by atoms with E-state index >= 15 is 0 Å². The molecule has 0 atom stereocenters. The molecule has 0 spiro atoms. The zero-order valence-corrected chi connectivity index (χ0v) is 26.2. The quantitative estimate of drug-likeness (QED) is 0.196. The maximum Gasteiger partial charge on any atom is 0.221 e. The van der Waals surface area contributed by atoms with Gasteiger partial charge < -0.3 is 4.42 Å². The molecule has 11 aromatic rings. The molecule has 228 valence electrons. The van der Waals surface area contributed by atoms with E-state index in [1.165, 1.54) is 10.8 Å². The SMILES string of the molecule is c1ccc2c(c1)nc(-n1c3ccccc3c3ccc(-c4ccc(-c5ccc6c(c5)oc5ccccc56)cc4)cc31)n1c3ccccc3nc21.